The second-order valence-corrected chi connectivity index (χ2v) is 7.23. The number of anilines is 1. The van der Waals surface area contributed by atoms with Crippen LogP contribution in [-0.2, 0) is 0 Å². The number of piperazine rings is 1. The largest absolute Gasteiger partial charge is 0.495 e. The summed E-state index contributed by atoms with van der Waals surface area (Å²) in [6.45, 7) is 5.60. The van der Waals surface area contributed by atoms with Gasteiger partial charge in [-0.25, -0.2) is 0 Å². The predicted octanol–water partition coefficient (Wildman–Crippen LogP) is 2.51. The Kier molecular flexibility index (Phi) is 5.95. The van der Waals surface area contributed by atoms with E-state index in [0.717, 1.165) is 61.5 Å². The number of fused-ring (bicyclic) bond motifs is 1. The fourth-order valence-electron chi connectivity index (χ4n) is 3.83. The molecule has 2 N–H and O–H groups in total. The van der Waals surface area contributed by atoms with E-state index in [1.165, 1.54) is 0 Å². The Morgan fingerprint density at radius 1 is 1.10 bits per heavy atom. The minimum atomic E-state index is -0.122. The second-order valence-electron chi connectivity index (χ2n) is 7.23. The molecule has 1 saturated heterocycles. The molecule has 3 aromatic rings. The van der Waals surface area contributed by atoms with Crippen LogP contribution >= 0.6 is 0 Å². The molecule has 0 spiro atoms. The van der Waals surface area contributed by atoms with E-state index in [2.05, 4.69) is 37.4 Å². The van der Waals surface area contributed by atoms with E-state index in [-0.39, 0.29) is 5.91 Å². The first kappa shape index (κ1) is 19.3. The molecule has 0 radical (unpaired) electrons. The van der Waals surface area contributed by atoms with Gasteiger partial charge in [0, 0.05) is 38.1 Å². The van der Waals surface area contributed by atoms with Crippen molar-refractivity contribution in [3.63, 3.8) is 0 Å². The highest BCUT2D eigenvalue weighted by molar-refractivity contribution is 6.04. The lowest BCUT2D eigenvalue weighted by molar-refractivity contribution is 0.0948. The van der Waals surface area contributed by atoms with E-state index in [9.17, 15) is 4.79 Å². The Bertz CT molecular complexity index is 963. The lowest BCUT2D eigenvalue weighted by Gasteiger charge is -2.36. The number of ether oxygens (including phenoxy) is 1. The molecule has 1 fully saturated rings. The molecule has 1 amide bonds. The third-order valence-corrected chi connectivity index (χ3v) is 5.42. The van der Waals surface area contributed by atoms with E-state index in [1.807, 2.05) is 36.4 Å². The molecule has 7 heteroatoms. The number of rotatable bonds is 7. The second kappa shape index (κ2) is 8.96. The van der Waals surface area contributed by atoms with Gasteiger partial charge in [0.05, 0.1) is 18.3 Å². The van der Waals surface area contributed by atoms with Crippen LogP contribution in [0.4, 0.5) is 5.69 Å². The summed E-state index contributed by atoms with van der Waals surface area (Å²) in [5.41, 5.74) is 2.50. The monoisotopic (exact) mass is 393 g/mol. The van der Waals surface area contributed by atoms with Gasteiger partial charge in [-0.3, -0.25) is 14.8 Å². The molecule has 0 bridgehead atoms. The van der Waals surface area contributed by atoms with E-state index < -0.39 is 0 Å². The minimum Gasteiger partial charge on any atom is -0.495 e. The number of methoxy groups -OCH3 is 1. The van der Waals surface area contributed by atoms with E-state index in [1.54, 1.807) is 7.11 Å². The molecule has 1 aromatic heterocycles. The number of nitrogens with one attached hydrogen (secondary N) is 2. The van der Waals surface area contributed by atoms with E-state index in [0.29, 0.717) is 12.2 Å². The van der Waals surface area contributed by atoms with Crippen molar-refractivity contribution in [1.29, 1.82) is 0 Å². The topological polar surface area (TPSA) is 73.5 Å². The van der Waals surface area contributed by atoms with E-state index in [4.69, 9.17) is 4.74 Å². The lowest BCUT2D eigenvalue weighted by Crippen LogP contribution is -2.47. The van der Waals surface area contributed by atoms with Gasteiger partial charge in [0.15, 0.2) is 5.69 Å². The summed E-state index contributed by atoms with van der Waals surface area (Å²) in [5, 5.41) is 10.9. The Morgan fingerprint density at radius 3 is 2.69 bits per heavy atom. The molecule has 1 aliphatic heterocycles. The fraction of sp³-hybridized carbons (Fsp3) is 0.364. The summed E-state index contributed by atoms with van der Waals surface area (Å²) < 4.78 is 5.48. The summed E-state index contributed by atoms with van der Waals surface area (Å²) in [4.78, 5) is 17.2. The van der Waals surface area contributed by atoms with Crippen molar-refractivity contribution in [3.05, 3.63) is 54.2 Å². The third-order valence-electron chi connectivity index (χ3n) is 5.42. The van der Waals surface area contributed by atoms with Crippen LogP contribution in [0.1, 0.15) is 16.9 Å². The van der Waals surface area contributed by atoms with Crippen LogP contribution in [-0.4, -0.2) is 67.4 Å². The van der Waals surface area contributed by atoms with E-state index >= 15 is 0 Å². The standard InChI is InChI=1S/C22H27N5O2/c1-29-20-10-5-4-9-19(20)27-15-13-26(14-16-27)12-6-11-23-22(28)21-17-7-2-3-8-18(17)24-25-21/h2-5,7-10H,6,11-16H2,1H3,(H,23,28)(H,24,25). The highest BCUT2D eigenvalue weighted by Crippen LogP contribution is 2.28. The van der Waals surface area contributed by atoms with Crippen molar-refractivity contribution >= 4 is 22.5 Å². The molecule has 0 unspecified atom stereocenters. The van der Waals surface area contributed by atoms with Crippen LogP contribution in [0.15, 0.2) is 48.5 Å². The number of para-hydroxylation sites is 3. The first-order valence-corrected chi connectivity index (χ1v) is 10.1. The summed E-state index contributed by atoms with van der Waals surface area (Å²) in [7, 11) is 1.72. The van der Waals surface area contributed by atoms with Crippen molar-refractivity contribution in [1.82, 2.24) is 20.4 Å². The van der Waals surface area contributed by atoms with Gasteiger partial charge >= 0.3 is 0 Å². The summed E-state index contributed by atoms with van der Waals surface area (Å²) in [6, 6.07) is 15.8. The number of carbonyl (C=O) groups is 1. The average Bonchev–Trinajstić information content (AvgIpc) is 3.21. The van der Waals surface area contributed by atoms with Gasteiger partial charge in [-0.2, -0.15) is 5.10 Å². The molecular formula is C22H27N5O2. The lowest BCUT2D eigenvalue weighted by atomic mass is 10.2. The van der Waals surface area contributed by atoms with Gasteiger partial charge in [-0.05, 0) is 31.2 Å². The summed E-state index contributed by atoms with van der Waals surface area (Å²) >= 11 is 0. The van der Waals surface area contributed by atoms with Gasteiger partial charge in [0.1, 0.15) is 5.75 Å². The zero-order chi connectivity index (χ0) is 20.1. The van der Waals surface area contributed by atoms with Crippen LogP contribution in [0.25, 0.3) is 10.9 Å². The molecule has 2 heterocycles. The molecule has 0 aliphatic carbocycles. The van der Waals surface area contributed by atoms with Crippen molar-refractivity contribution in [2.24, 2.45) is 0 Å². The fourth-order valence-corrected chi connectivity index (χ4v) is 3.83. The number of aromatic nitrogens is 2. The maximum absolute atomic E-state index is 12.4. The molecule has 1 aliphatic rings. The number of aromatic amines is 1. The zero-order valence-electron chi connectivity index (χ0n) is 16.7. The van der Waals surface area contributed by atoms with Crippen molar-refractivity contribution in [3.8, 4) is 5.75 Å². The van der Waals surface area contributed by atoms with Crippen LogP contribution in [0.2, 0.25) is 0 Å². The molecule has 152 valence electrons. The summed E-state index contributed by atoms with van der Waals surface area (Å²) in [5.74, 6) is 0.804. The van der Waals surface area contributed by atoms with Gasteiger partial charge in [0.25, 0.3) is 5.91 Å². The molecule has 7 nitrogen and oxygen atoms in total. The number of nitrogens with zero attached hydrogens (tertiary/aromatic N) is 3. The number of hydrogen-bond donors (Lipinski definition) is 2. The van der Waals surface area contributed by atoms with Crippen LogP contribution in [0, 0.1) is 0 Å². The Labute approximate surface area is 170 Å². The SMILES string of the molecule is COc1ccccc1N1CCN(CCCNC(=O)c2n[nH]c3ccccc23)CC1. The number of amides is 1. The third kappa shape index (κ3) is 4.35. The number of benzene rings is 2. The molecule has 4 rings (SSSR count). The normalized spacial score (nSPS) is 14.9. The average molecular weight is 393 g/mol. The van der Waals surface area contributed by atoms with Gasteiger partial charge in [-0.1, -0.05) is 30.3 Å². The number of H-pyrrole nitrogens is 1. The molecule has 29 heavy (non-hydrogen) atoms. The highest BCUT2D eigenvalue weighted by atomic mass is 16.5. The molecule has 0 atom stereocenters. The number of carbonyl (C=O) groups excluding carboxylic acids is 1. The van der Waals surface area contributed by atoms with Gasteiger partial charge < -0.3 is 15.0 Å². The zero-order valence-corrected chi connectivity index (χ0v) is 16.7. The smallest absolute Gasteiger partial charge is 0.272 e. The quantitative estimate of drug-likeness (QED) is 0.604. The Balaban J connectivity index is 1.21. The number of hydrogen-bond acceptors (Lipinski definition) is 5. The van der Waals surface area contributed by atoms with Crippen LogP contribution in [0.3, 0.4) is 0 Å². The summed E-state index contributed by atoms with van der Waals surface area (Å²) in [6.07, 6.45) is 0.919. The first-order chi connectivity index (χ1) is 14.3. The Morgan fingerprint density at radius 2 is 1.86 bits per heavy atom. The maximum Gasteiger partial charge on any atom is 0.272 e. The molecule has 0 saturated carbocycles. The minimum absolute atomic E-state index is 0.122. The Hall–Kier alpha value is -3.06. The van der Waals surface area contributed by atoms with Crippen molar-refractivity contribution in [2.75, 3.05) is 51.3 Å². The maximum atomic E-state index is 12.4. The predicted molar refractivity (Wildman–Crippen MR) is 115 cm³/mol. The van der Waals surface area contributed by atoms with Crippen LogP contribution < -0.4 is 15.0 Å². The van der Waals surface area contributed by atoms with Crippen LogP contribution in [0.5, 0.6) is 5.75 Å². The van der Waals surface area contributed by atoms with Gasteiger partial charge in [0.2, 0.25) is 0 Å². The van der Waals surface area contributed by atoms with Gasteiger partial charge in [-0.15, -0.1) is 0 Å². The van der Waals surface area contributed by atoms with Crippen molar-refractivity contribution < 1.29 is 9.53 Å². The molecule has 2 aromatic carbocycles. The van der Waals surface area contributed by atoms with Crippen molar-refractivity contribution in [2.45, 2.75) is 6.42 Å². The highest BCUT2D eigenvalue weighted by Gasteiger charge is 2.19. The molecular weight excluding hydrogens is 366 g/mol. The first-order valence-electron chi connectivity index (χ1n) is 10.1.